The summed E-state index contributed by atoms with van der Waals surface area (Å²) in [6, 6.07) is 14.0. The number of amides is 2. The number of sulfonamides is 1. The van der Waals surface area contributed by atoms with Gasteiger partial charge in [-0.25, -0.2) is 13.3 Å². The lowest BCUT2D eigenvalue weighted by atomic mass is 10.1. The predicted molar refractivity (Wildman–Crippen MR) is 114 cm³/mol. The van der Waals surface area contributed by atoms with Gasteiger partial charge in [-0.3, -0.25) is 19.3 Å². The van der Waals surface area contributed by atoms with Crippen LogP contribution in [-0.2, 0) is 19.6 Å². The third-order valence-electron chi connectivity index (χ3n) is 5.75. The summed E-state index contributed by atoms with van der Waals surface area (Å²) in [6.45, 7) is 2.69. The van der Waals surface area contributed by atoms with Gasteiger partial charge in [0.2, 0.25) is 15.9 Å². The molecule has 2 amide bonds. The number of anilines is 1. The summed E-state index contributed by atoms with van der Waals surface area (Å²) in [5.41, 5.74) is 0.947. The molecule has 2 aromatic rings. The van der Waals surface area contributed by atoms with Crippen LogP contribution in [0.4, 0.5) is 5.69 Å². The van der Waals surface area contributed by atoms with E-state index in [1.807, 2.05) is 4.90 Å². The van der Waals surface area contributed by atoms with Gasteiger partial charge in [0.15, 0.2) is 5.78 Å². The van der Waals surface area contributed by atoms with Gasteiger partial charge in [-0.2, -0.15) is 4.31 Å². The summed E-state index contributed by atoms with van der Waals surface area (Å²) < 4.78 is 27.0. The SMILES string of the molecule is CC(=O)c1ccc(N2C(=O)C[C@@H](N3CCN(S(=O)(=O)c4ccccc4)CC3)C2=O)cc1. The average Bonchev–Trinajstić information content (AvgIpc) is 3.08. The van der Waals surface area contributed by atoms with Gasteiger partial charge in [0.1, 0.15) is 0 Å². The van der Waals surface area contributed by atoms with Gasteiger partial charge in [0.25, 0.3) is 5.91 Å². The molecule has 0 aliphatic carbocycles. The van der Waals surface area contributed by atoms with Crippen molar-refractivity contribution in [1.29, 1.82) is 0 Å². The lowest BCUT2D eigenvalue weighted by Gasteiger charge is -2.36. The van der Waals surface area contributed by atoms with Gasteiger partial charge >= 0.3 is 0 Å². The highest BCUT2D eigenvalue weighted by atomic mass is 32.2. The van der Waals surface area contributed by atoms with E-state index in [0.29, 0.717) is 24.3 Å². The lowest BCUT2D eigenvalue weighted by Crippen LogP contribution is -2.53. The van der Waals surface area contributed by atoms with Crippen LogP contribution in [0.5, 0.6) is 0 Å². The van der Waals surface area contributed by atoms with Crippen LogP contribution >= 0.6 is 0 Å². The Balaban J connectivity index is 1.44. The van der Waals surface area contributed by atoms with Crippen LogP contribution in [0.3, 0.4) is 0 Å². The fourth-order valence-electron chi connectivity index (χ4n) is 4.01. The number of piperazine rings is 1. The number of benzene rings is 2. The molecule has 0 radical (unpaired) electrons. The number of rotatable bonds is 5. The highest BCUT2D eigenvalue weighted by Crippen LogP contribution is 2.27. The van der Waals surface area contributed by atoms with E-state index in [-0.39, 0.29) is 42.0 Å². The summed E-state index contributed by atoms with van der Waals surface area (Å²) >= 11 is 0. The molecule has 0 N–H and O–H groups in total. The molecule has 31 heavy (non-hydrogen) atoms. The van der Waals surface area contributed by atoms with Crippen molar-refractivity contribution in [3.05, 3.63) is 60.2 Å². The van der Waals surface area contributed by atoms with E-state index in [2.05, 4.69) is 0 Å². The van der Waals surface area contributed by atoms with Crippen LogP contribution in [0.15, 0.2) is 59.5 Å². The van der Waals surface area contributed by atoms with E-state index in [0.717, 1.165) is 4.90 Å². The maximum absolute atomic E-state index is 13.0. The molecule has 0 spiro atoms. The molecule has 0 bridgehead atoms. The molecule has 2 saturated heterocycles. The van der Waals surface area contributed by atoms with E-state index >= 15 is 0 Å². The quantitative estimate of drug-likeness (QED) is 0.516. The summed E-state index contributed by atoms with van der Waals surface area (Å²) in [5.74, 6) is -0.711. The Morgan fingerprint density at radius 1 is 0.903 bits per heavy atom. The largest absolute Gasteiger partial charge is 0.295 e. The standard InChI is InChI=1S/C22H23N3O5S/c1-16(26)17-7-9-18(10-8-17)25-21(27)15-20(22(25)28)23-11-13-24(14-12-23)31(29,30)19-5-3-2-4-6-19/h2-10,20H,11-15H2,1H3/t20-/m1/s1. The Morgan fingerprint density at radius 3 is 2.10 bits per heavy atom. The number of carbonyl (C=O) groups is 3. The second kappa shape index (κ2) is 8.33. The highest BCUT2D eigenvalue weighted by Gasteiger charge is 2.44. The molecule has 2 heterocycles. The normalized spacial score (nSPS) is 20.9. The maximum atomic E-state index is 13.0. The first-order chi connectivity index (χ1) is 14.8. The van der Waals surface area contributed by atoms with E-state index in [1.54, 1.807) is 54.6 Å². The number of ketones is 1. The van der Waals surface area contributed by atoms with Gasteiger partial charge in [-0.05, 0) is 43.3 Å². The first kappa shape index (κ1) is 21.4. The molecule has 1 atom stereocenters. The molecule has 2 aromatic carbocycles. The van der Waals surface area contributed by atoms with E-state index in [9.17, 15) is 22.8 Å². The number of imide groups is 1. The molecule has 9 heteroatoms. The van der Waals surface area contributed by atoms with E-state index in [1.165, 1.54) is 11.2 Å². The Morgan fingerprint density at radius 2 is 1.52 bits per heavy atom. The van der Waals surface area contributed by atoms with Crippen LogP contribution in [0.1, 0.15) is 23.7 Å². The number of Topliss-reactive ketones (excluding diaryl/α,β-unsaturated/α-hetero) is 1. The molecule has 2 aliphatic heterocycles. The summed E-state index contributed by atoms with van der Waals surface area (Å²) in [6.07, 6.45) is 0.0543. The molecule has 0 aromatic heterocycles. The minimum absolute atomic E-state index is 0.0543. The van der Waals surface area contributed by atoms with E-state index in [4.69, 9.17) is 0 Å². The zero-order valence-electron chi connectivity index (χ0n) is 17.1. The second-order valence-corrected chi connectivity index (χ2v) is 9.58. The molecular formula is C22H23N3O5S. The molecular weight excluding hydrogens is 418 g/mol. The maximum Gasteiger partial charge on any atom is 0.251 e. The van der Waals surface area contributed by atoms with Crippen molar-refractivity contribution < 1.29 is 22.8 Å². The van der Waals surface area contributed by atoms with Crippen molar-refractivity contribution in [1.82, 2.24) is 9.21 Å². The van der Waals surface area contributed by atoms with Crippen LogP contribution in [-0.4, -0.2) is 67.4 Å². The number of hydrogen-bond donors (Lipinski definition) is 0. The molecule has 4 rings (SSSR count). The molecule has 0 unspecified atom stereocenters. The fourth-order valence-corrected chi connectivity index (χ4v) is 5.46. The third-order valence-corrected chi connectivity index (χ3v) is 7.66. The Kier molecular flexibility index (Phi) is 5.74. The van der Waals surface area contributed by atoms with Crippen molar-refractivity contribution in [2.45, 2.75) is 24.3 Å². The third kappa shape index (κ3) is 4.04. The first-order valence-electron chi connectivity index (χ1n) is 10.1. The van der Waals surface area contributed by atoms with Crippen molar-refractivity contribution >= 4 is 33.3 Å². The van der Waals surface area contributed by atoms with Crippen molar-refractivity contribution in [2.24, 2.45) is 0 Å². The lowest BCUT2D eigenvalue weighted by molar-refractivity contribution is -0.123. The summed E-state index contributed by atoms with van der Waals surface area (Å²) in [4.78, 5) is 40.3. The Bertz CT molecular complexity index is 1110. The molecule has 0 saturated carbocycles. The summed E-state index contributed by atoms with van der Waals surface area (Å²) in [5, 5.41) is 0. The minimum Gasteiger partial charge on any atom is -0.295 e. The number of hydrogen-bond acceptors (Lipinski definition) is 6. The molecule has 2 aliphatic rings. The average molecular weight is 442 g/mol. The van der Waals surface area contributed by atoms with Crippen molar-refractivity contribution in [2.75, 3.05) is 31.1 Å². The smallest absolute Gasteiger partial charge is 0.251 e. The van der Waals surface area contributed by atoms with Gasteiger partial charge < -0.3 is 0 Å². The topological polar surface area (TPSA) is 95.1 Å². The zero-order chi connectivity index (χ0) is 22.2. The predicted octanol–water partition coefficient (Wildman–Crippen LogP) is 1.53. The van der Waals surface area contributed by atoms with Gasteiger partial charge in [0, 0.05) is 31.7 Å². The second-order valence-electron chi connectivity index (χ2n) is 7.64. The van der Waals surface area contributed by atoms with Gasteiger partial charge in [0.05, 0.1) is 23.0 Å². The molecule has 162 valence electrons. The Hall–Kier alpha value is -2.88. The zero-order valence-corrected chi connectivity index (χ0v) is 17.9. The highest BCUT2D eigenvalue weighted by molar-refractivity contribution is 7.89. The Labute approximate surface area is 181 Å². The molecule has 2 fully saturated rings. The van der Waals surface area contributed by atoms with Gasteiger partial charge in [-0.1, -0.05) is 18.2 Å². The number of nitrogens with zero attached hydrogens (tertiary/aromatic N) is 3. The summed E-state index contributed by atoms with van der Waals surface area (Å²) in [7, 11) is -3.58. The van der Waals surface area contributed by atoms with Crippen molar-refractivity contribution in [3.8, 4) is 0 Å². The van der Waals surface area contributed by atoms with Crippen LogP contribution in [0.2, 0.25) is 0 Å². The molecule has 8 nitrogen and oxygen atoms in total. The van der Waals surface area contributed by atoms with Crippen LogP contribution < -0.4 is 4.90 Å². The van der Waals surface area contributed by atoms with Crippen LogP contribution in [0.25, 0.3) is 0 Å². The van der Waals surface area contributed by atoms with Crippen molar-refractivity contribution in [3.63, 3.8) is 0 Å². The van der Waals surface area contributed by atoms with E-state index < -0.39 is 16.1 Å². The monoisotopic (exact) mass is 441 g/mol. The van der Waals surface area contributed by atoms with Crippen LogP contribution in [0, 0.1) is 0 Å². The first-order valence-corrected chi connectivity index (χ1v) is 11.5. The fraction of sp³-hybridized carbons (Fsp3) is 0.318. The number of carbonyl (C=O) groups excluding carboxylic acids is 3. The minimum atomic E-state index is -3.58. The van der Waals surface area contributed by atoms with Gasteiger partial charge in [-0.15, -0.1) is 0 Å².